The maximum absolute atomic E-state index is 12.1. The summed E-state index contributed by atoms with van der Waals surface area (Å²) < 4.78 is 0. The predicted octanol–water partition coefficient (Wildman–Crippen LogP) is -1.18. The molecule has 3 heteroatoms. The van der Waals surface area contributed by atoms with Crippen LogP contribution in [0.25, 0.3) is 0 Å². The molecule has 0 bridgehead atoms. The van der Waals surface area contributed by atoms with Crippen LogP contribution in [0, 0.1) is 0 Å². The van der Waals surface area contributed by atoms with Crippen LogP contribution in [-0.4, -0.2) is 24.0 Å². The Kier molecular flexibility index (Phi) is 7.02. The van der Waals surface area contributed by atoms with Gasteiger partial charge in [-0.25, -0.2) is 0 Å². The van der Waals surface area contributed by atoms with E-state index in [0.717, 1.165) is 5.56 Å². The smallest absolute Gasteiger partial charge is 0.847 e. The molecule has 0 aliphatic carbocycles. The Labute approximate surface area is 111 Å². The average Bonchev–Trinajstić information content (AvgIpc) is 2.27. The topological polar surface area (TPSA) is 26.3 Å². The Bertz CT molecular complexity index is 289. The fraction of sp³-hybridized carbons (Fsp3) is 0.538. The molecule has 2 atom stereocenters. The molecule has 0 aliphatic rings. The molecule has 0 heterocycles. The van der Waals surface area contributed by atoms with Crippen LogP contribution in [-0.2, 0) is 0 Å². The van der Waals surface area contributed by atoms with E-state index in [0.29, 0.717) is 6.04 Å². The first-order chi connectivity index (χ1) is 7.04. The van der Waals surface area contributed by atoms with E-state index in [2.05, 4.69) is 18.7 Å². The largest absolute Gasteiger partial charge is 1.00 e. The minimum Gasteiger partial charge on any atom is -0.847 e. The Morgan fingerprint density at radius 1 is 1.06 bits per heavy atom. The van der Waals surface area contributed by atoms with Crippen molar-refractivity contribution in [1.82, 2.24) is 4.90 Å². The molecule has 2 nitrogen and oxygen atoms in total. The van der Waals surface area contributed by atoms with E-state index < -0.39 is 6.10 Å². The van der Waals surface area contributed by atoms with E-state index in [4.69, 9.17) is 0 Å². The molecule has 0 aromatic heterocycles. The van der Waals surface area contributed by atoms with Gasteiger partial charge in [0.25, 0.3) is 0 Å². The van der Waals surface area contributed by atoms with Crippen molar-refractivity contribution in [2.75, 3.05) is 7.05 Å². The number of hydrogen-bond acceptors (Lipinski definition) is 2. The van der Waals surface area contributed by atoms with Crippen LogP contribution in [0.2, 0.25) is 0 Å². The van der Waals surface area contributed by atoms with Gasteiger partial charge in [0.05, 0.1) is 0 Å². The van der Waals surface area contributed by atoms with Crippen molar-refractivity contribution in [2.24, 2.45) is 0 Å². The summed E-state index contributed by atoms with van der Waals surface area (Å²) in [7, 11) is 2.00. The molecule has 0 spiro atoms. The zero-order chi connectivity index (χ0) is 11.4. The average molecular weight is 213 g/mol. The number of likely N-dealkylation sites (N-methyl/N-ethyl adjacent to an activating group) is 1. The minimum absolute atomic E-state index is 0. The second-order valence-electron chi connectivity index (χ2n) is 4.33. The Morgan fingerprint density at radius 2 is 1.56 bits per heavy atom. The second kappa shape index (κ2) is 7.14. The molecule has 0 aliphatic heterocycles. The van der Waals surface area contributed by atoms with Gasteiger partial charge in [0.2, 0.25) is 0 Å². The van der Waals surface area contributed by atoms with Crippen LogP contribution in [0.4, 0.5) is 0 Å². The van der Waals surface area contributed by atoms with Gasteiger partial charge in [0, 0.05) is 6.04 Å². The molecule has 0 fully saturated rings. The number of rotatable bonds is 4. The summed E-state index contributed by atoms with van der Waals surface area (Å²) >= 11 is 0. The van der Waals surface area contributed by atoms with Crippen molar-refractivity contribution in [1.29, 1.82) is 0 Å². The van der Waals surface area contributed by atoms with Crippen LogP contribution in [0.5, 0.6) is 0 Å². The van der Waals surface area contributed by atoms with Crippen LogP contribution in [0.1, 0.15) is 32.4 Å². The zero-order valence-corrected chi connectivity index (χ0v) is 11.0. The normalized spacial score (nSPS) is 14.7. The molecule has 0 amide bonds. The summed E-state index contributed by atoms with van der Waals surface area (Å²) in [5.41, 5.74) is 0.873. The first-order valence-electron chi connectivity index (χ1n) is 5.46. The first kappa shape index (κ1) is 15.7. The standard InChI is InChI=1S/C13H20NO.Li/c1-10(2)14(4)11(3)13(15)12-8-6-5-7-9-12;/h5-11,13H,1-4H3;/q-1;+1/t11-,13-;/m0./s1. The molecular formula is C13H20LiNO. The molecule has 1 rings (SSSR count). The minimum atomic E-state index is -0.668. The monoisotopic (exact) mass is 213 g/mol. The van der Waals surface area contributed by atoms with Crippen LogP contribution >= 0.6 is 0 Å². The SMILES string of the molecule is CC(C)N(C)[C@@H](C)[C@H]([O-])c1ccccc1.[Li+]. The third-order valence-electron chi connectivity index (χ3n) is 3.02. The van der Waals surface area contributed by atoms with Crippen LogP contribution < -0.4 is 24.0 Å². The van der Waals surface area contributed by atoms with Gasteiger partial charge in [-0.15, -0.1) is 0 Å². The third kappa shape index (κ3) is 3.96. The molecule has 0 N–H and O–H groups in total. The Morgan fingerprint density at radius 3 is 2.00 bits per heavy atom. The molecule has 0 saturated carbocycles. The van der Waals surface area contributed by atoms with Crippen LogP contribution in [0.15, 0.2) is 30.3 Å². The van der Waals surface area contributed by atoms with Gasteiger partial charge in [0.15, 0.2) is 0 Å². The molecule has 1 aromatic rings. The molecule has 84 valence electrons. The third-order valence-corrected chi connectivity index (χ3v) is 3.02. The van der Waals surface area contributed by atoms with Crippen molar-refractivity contribution >= 4 is 0 Å². The van der Waals surface area contributed by atoms with Gasteiger partial charge in [-0.2, -0.15) is 0 Å². The van der Waals surface area contributed by atoms with E-state index in [9.17, 15) is 5.11 Å². The number of hydrogen-bond donors (Lipinski definition) is 0. The van der Waals surface area contributed by atoms with E-state index in [1.165, 1.54) is 0 Å². The summed E-state index contributed by atoms with van der Waals surface area (Å²) in [5, 5.41) is 12.1. The van der Waals surface area contributed by atoms with Gasteiger partial charge >= 0.3 is 18.9 Å². The predicted molar refractivity (Wildman–Crippen MR) is 61.5 cm³/mol. The number of nitrogens with zero attached hydrogens (tertiary/aromatic N) is 1. The molecule has 1 aromatic carbocycles. The molecule has 0 saturated heterocycles. The molecular weight excluding hydrogens is 193 g/mol. The summed E-state index contributed by atoms with van der Waals surface area (Å²) in [6, 6.07) is 10.0. The number of benzene rings is 1. The Hall–Kier alpha value is -0.263. The van der Waals surface area contributed by atoms with E-state index in [1.807, 2.05) is 44.3 Å². The maximum atomic E-state index is 12.1. The van der Waals surface area contributed by atoms with Crippen molar-refractivity contribution in [2.45, 2.75) is 39.0 Å². The van der Waals surface area contributed by atoms with Gasteiger partial charge in [-0.3, -0.25) is 0 Å². The van der Waals surface area contributed by atoms with Crippen molar-refractivity contribution < 1.29 is 24.0 Å². The van der Waals surface area contributed by atoms with Crippen LogP contribution in [0.3, 0.4) is 0 Å². The summed E-state index contributed by atoms with van der Waals surface area (Å²) in [4.78, 5) is 2.12. The summed E-state index contributed by atoms with van der Waals surface area (Å²) in [6.07, 6.45) is -0.668. The summed E-state index contributed by atoms with van der Waals surface area (Å²) in [6.45, 7) is 6.20. The van der Waals surface area contributed by atoms with Gasteiger partial charge in [-0.1, -0.05) is 48.9 Å². The molecule has 0 unspecified atom stereocenters. The van der Waals surface area contributed by atoms with E-state index in [1.54, 1.807) is 0 Å². The fourth-order valence-corrected chi connectivity index (χ4v) is 1.61. The quantitative estimate of drug-likeness (QED) is 0.589. The van der Waals surface area contributed by atoms with Crippen molar-refractivity contribution in [3.8, 4) is 0 Å². The molecule has 16 heavy (non-hydrogen) atoms. The summed E-state index contributed by atoms with van der Waals surface area (Å²) in [5.74, 6) is 0. The fourth-order valence-electron chi connectivity index (χ4n) is 1.61. The van der Waals surface area contributed by atoms with Gasteiger partial charge in [0.1, 0.15) is 0 Å². The van der Waals surface area contributed by atoms with Crippen molar-refractivity contribution in [3.05, 3.63) is 35.9 Å². The van der Waals surface area contributed by atoms with Gasteiger partial charge < -0.3 is 10.0 Å². The zero-order valence-electron chi connectivity index (χ0n) is 11.0. The molecule has 0 radical (unpaired) electrons. The maximum Gasteiger partial charge on any atom is 1.00 e. The Balaban J connectivity index is 0.00000225. The van der Waals surface area contributed by atoms with E-state index in [-0.39, 0.29) is 24.9 Å². The van der Waals surface area contributed by atoms with Gasteiger partial charge in [-0.05, 0) is 26.9 Å². The first-order valence-corrected chi connectivity index (χ1v) is 5.46. The second-order valence-corrected chi connectivity index (χ2v) is 4.33. The van der Waals surface area contributed by atoms with E-state index >= 15 is 0 Å². The van der Waals surface area contributed by atoms with Crippen molar-refractivity contribution in [3.63, 3.8) is 0 Å².